The van der Waals surface area contributed by atoms with Crippen molar-refractivity contribution in [2.75, 3.05) is 20.3 Å². The van der Waals surface area contributed by atoms with E-state index in [0.29, 0.717) is 20.3 Å². The highest BCUT2D eigenvalue weighted by molar-refractivity contribution is 7.87. The van der Waals surface area contributed by atoms with Crippen LogP contribution in [-0.4, -0.2) is 34.2 Å². The van der Waals surface area contributed by atoms with Crippen LogP contribution in [0.25, 0.3) is 0 Å². The highest BCUT2D eigenvalue weighted by atomic mass is 32.2. The topological polar surface area (TPSA) is 78.9 Å². The Morgan fingerprint density at radius 1 is 1.12 bits per heavy atom. The van der Waals surface area contributed by atoms with Gasteiger partial charge in [-0.3, -0.25) is 4.18 Å². The van der Waals surface area contributed by atoms with E-state index in [4.69, 9.17) is 0 Å². The average Bonchev–Trinajstić information content (AvgIpc) is 2.18. The number of halogens is 3. The zero-order valence-corrected chi connectivity index (χ0v) is 11.1. The van der Waals surface area contributed by atoms with Crippen LogP contribution in [0.3, 0.4) is 0 Å². The Kier molecular flexibility index (Phi) is 9.82. The molecule has 0 spiro atoms. The maximum atomic E-state index is 11.1. The third kappa shape index (κ3) is 9.42. The molecule has 0 heterocycles. The van der Waals surface area contributed by atoms with Crippen molar-refractivity contribution in [2.24, 2.45) is 0 Å². The molecule has 0 aromatic rings. The van der Waals surface area contributed by atoms with Crippen LogP contribution in [0.2, 0.25) is 0 Å². The van der Waals surface area contributed by atoms with Crippen LogP contribution in [-0.2, 0) is 27.9 Å². The van der Waals surface area contributed by atoms with E-state index >= 15 is 0 Å². The minimum absolute atomic E-state index is 0.440. The molecule has 0 saturated carbocycles. The van der Waals surface area contributed by atoms with Crippen LogP contribution in [0.1, 0.15) is 13.8 Å². The molecule has 0 bridgehead atoms. The predicted molar refractivity (Wildman–Crippen MR) is 52.8 cm³/mol. The number of hydrogen-bond acceptors (Lipinski definition) is 6. The molecule has 17 heavy (non-hydrogen) atoms. The second-order valence-corrected chi connectivity index (χ2v) is 4.79. The van der Waals surface area contributed by atoms with Crippen molar-refractivity contribution in [1.29, 1.82) is 0 Å². The molecule has 0 aliphatic heterocycles. The predicted octanol–water partition coefficient (Wildman–Crippen LogP) is 2.20. The van der Waals surface area contributed by atoms with Crippen molar-refractivity contribution in [1.82, 2.24) is 0 Å². The van der Waals surface area contributed by atoms with Gasteiger partial charge in [-0.2, -0.15) is 21.6 Å². The van der Waals surface area contributed by atoms with Gasteiger partial charge in [0.05, 0.1) is 7.11 Å². The fourth-order valence-electron chi connectivity index (χ4n) is 0.343. The van der Waals surface area contributed by atoms with E-state index in [1.54, 1.807) is 13.8 Å². The van der Waals surface area contributed by atoms with Crippen LogP contribution in [0.4, 0.5) is 13.2 Å². The van der Waals surface area contributed by atoms with Gasteiger partial charge < -0.3 is 0 Å². The van der Waals surface area contributed by atoms with Gasteiger partial charge in [0.2, 0.25) is 0 Å². The fraction of sp³-hybridized carbons (Fsp3) is 1.00. The minimum Gasteiger partial charge on any atom is -0.267 e. The van der Waals surface area contributed by atoms with Gasteiger partial charge >= 0.3 is 23.9 Å². The van der Waals surface area contributed by atoms with E-state index in [2.05, 4.69) is 13.2 Å². The van der Waals surface area contributed by atoms with Crippen LogP contribution in [0.5, 0.6) is 0 Å². The molecule has 0 unspecified atom stereocenters. The van der Waals surface area contributed by atoms with Gasteiger partial charge in [-0.15, -0.1) is 9.05 Å². The van der Waals surface area contributed by atoms with Gasteiger partial charge in [0.15, 0.2) is 0 Å². The first-order valence-electron chi connectivity index (χ1n) is 4.22. The van der Waals surface area contributed by atoms with E-state index in [0.717, 1.165) is 0 Å². The fourth-order valence-corrected chi connectivity index (χ4v) is 1.03. The lowest BCUT2D eigenvalue weighted by molar-refractivity contribution is -0.0526. The summed E-state index contributed by atoms with van der Waals surface area (Å²) in [4.78, 5) is 0. The molecule has 0 fully saturated rings. The first-order chi connectivity index (χ1) is 7.62. The number of alkyl halides is 3. The van der Waals surface area contributed by atoms with Gasteiger partial charge in [0, 0.05) is 4.57 Å². The van der Waals surface area contributed by atoms with Crippen LogP contribution >= 0.6 is 8.25 Å². The van der Waals surface area contributed by atoms with Gasteiger partial charge in [-0.1, -0.05) is 0 Å². The summed E-state index contributed by atoms with van der Waals surface area (Å²) in [6.07, 6.45) is 0. The maximum Gasteiger partial charge on any atom is 0.697 e. The first-order valence-corrected chi connectivity index (χ1v) is 6.72. The lowest BCUT2D eigenvalue weighted by Gasteiger charge is -2.02. The van der Waals surface area contributed by atoms with Crippen molar-refractivity contribution >= 4 is 18.4 Å². The van der Waals surface area contributed by atoms with Gasteiger partial charge in [0.25, 0.3) is 0 Å². The number of hydrogen-bond donors (Lipinski definition) is 0. The van der Waals surface area contributed by atoms with Crippen molar-refractivity contribution in [2.45, 2.75) is 19.4 Å². The summed E-state index contributed by atoms with van der Waals surface area (Å²) in [5.74, 6) is 0. The second-order valence-electron chi connectivity index (χ2n) is 2.13. The molecule has 0 aliphatic rings. The van der Waals surface area contributed by atoms with E-state index in [1.807, 2.05) is 0 Å². The number of rotatable bonds is 5. The summed E-state index contributed by atoms with van der Waals surface area (Å²) in [7, 11) is -6.72. The summed E-state index contributed by atoms with van der Waals surface area (Å²) in [6.45, 7) is 4.42. The molecular weight excluding hydrogens is 288 g/mol. The summed E-state index contributed by atoms with van der Waals surface area (Å²) in [5.41, 5.74) is -5.30. The molecule has 6 nitrogen and oxygen atoms in total. The lowest BCUT2D eigenvalue weighted by Crippen LogP contribution is -2.23. The molecule has 0 aliphatic carbocycles. The van der Waals surface area contributed by atoms with Gasteiger partial charge in [-0.05, 0) is 13.8 Å². The van der Waals surface area contributed by atoms with Crippen LogP contribution < -0.4 is 0 Å². The molecule has 0 saturated heterocycles. The minimum atomic E-state index is -5.34. The smallest absolute Gasteiger partial charge is 0.267 e. The standard InChI is InChI=1S/C4H10O3P.C2H3F3O3S/c1-3-6-8(5)7-4-2;1-8-9(6,7)2(3,4)5/h3-4H2,1-2H3;1H3/q+1;. The lowest BCUT2D eigenvalue weighted by atomic mass is 10.9. The van der Waals surface area contributed by atoms with E-state index in [-0.39, 0.29) is 0 Å². The van der Waals surface area contributed by atoms with E-state index in [1.165, 1.54) is 0 Å². The normalized spacial score (nSPS) is 11.6. The SMILES string of the molecule is CCO[P+](=O)OCC.COS(=O)(=O)C(F)(F)F. The van der Waals surface area contributed by atoms with Crippen molar-refractivity contribution in [3.05, 3.63) is 0 Å². The molecule has 0 radical (unpaired) electrons. The largest absolute Gasteiger partial charge is 0.697 e. The molecular formula is C6H13F3O6PS+. The Hall–Kier alpha value is -0.280. The molecule has 11 heteroatoms. The molecule has 0 N–H and O–H groups in total. The average molecular weight is 301 g/mol. The Balaban J connectivity index is 0. The molecule has 104 valence electrons. The van der Waals surface area contributed by atoms with Crippen LogP contribution in [0.15, 0.2) is 0 Å². The summed E-state index contributed by atoms with van der Waals surface area (Å²) < 4.78 is 75.3. The quantitative estimate of drug-likeness (QED) is 0.440. The van der Waals surface area contributed by atoms with Crippen molar-refractivity contribution < 1.29 is 39.4 Å². The molecule has 0 aromatic carbocycles. The monoisotopic (exact) mass is 301 g/mol. The van der Waals surface area contributed by atoms with Crippen molar-refractivity contribution in [3.63, 3.8) is 0 Å². The second kappa shape index (κ2) is 8.76. The van der Waals surface area contributed by atoms with E-state index in [9.17, 15) is 26.2 Å². The Labute approximate surface area is 98.1 Å². The molecule has 0 aromatic heterocycles. The zero-order valence-electron chi connectivity index (χ0n) is 9.35. The van der Waals surface area contributed by atoms with E-state index < -0.39 is 23.9 Å². The zero-order chi connectivity index (χ0) is 14.1. The van der Waals surface area contributed by atoms with Gasteiger partial charge in [0.1, 0.15) is 13.2 Å². The molecule has 0 rings (SSSR count). The molecule has 0 atom stereocenters. The third-order valence-electron chi connectivity index (χ3n) is 0.972. The summed E-state index contributed by atoms with van der Waals surface area (Å²) in [5, 5.41) is 0. The molecule has 0 amide bonds. The highest BCUT2D eigenvalue weighted by Crippen LogP contribution is 2.23. The van der Waals surface area contributed by atoms with Gasteiger partial charge in [-0.25, -0.2) is 0 Å². The summed E-state index contributed by atoms with van der Waals surface area (Å²) in [6, 6.07) is 0. The third-order valence-corrected chi connectivity index (χ3v) is 2.92. The van der Waals surface area contributed by atoms with Crippen molar-refractivity contribution in [3.8, 4) is 0 Å². The van der Waals surface area contributed by atoms with Crippen LogP contribution in [0, 0.1) is 0 Å². The summed E-state index contributed by atoms with van der Waals surface area (Å²) >= 11 is 0. The Bertz CT molecular complexity index is 306. The Morgan fingerprint density at radius 2 is 1.47 bits per heavy atom. The Morgan fingerprint density at radius 3 is 1.59 bits per heavy atom. The maximum absolute atomic E-state index is 11.1. The highest BCUT2D eigenvalue weighted by Gasteiger charge is 2.46. The first kappa shape index (κ1) is 19.1.